The number of nitrogens with zero attached hydrogens (tertiary/aromatic N) is 2. The number of allylic oxidation sites excluding steroid dienone is 5. The molecule has 0 amide bonds. The van der Waals surface area contributed by atoms with Crippen LogP contribution in [0.25, 0.3) is 16.5 Å². The minimum Gasteiger partial charge on any atom is -0.310 e. The Hall–Kier alpha value is -5.86. The van der Waals surface area contributed by atoms with Crippen LogP contribution in [0.15, 0.2) is 194 Å². The average molecular weight is 607 g/mol. The lowest BCUT2D eigenvalue weighted by atomic mass is 9.93. The summed E-state index contributed by atoms with van der Waals surface area (Å²) in [5.74, 6) is 0. The second-order valence-electron chi connectivity index (χ2n) is 11.7. The molecular formula is C45H38N2. The lowest BCUT2D eigenvalue weighted by Crippen LogP contribution is -2.18. The molecule has 1 aliphatic carbocycles. The summed E-state index contributed by atoms with van der Waals surface area (Å²) in [6.45, 7) is 4.06. The molecule has 0 fully saturated rings. The SMILES string of the molecule is C=C/C=C(\C=C/Cc1ccc(N(C2=CCCc3ccccc32)c2ccccc2)cc1)N(c1ccccc1)c1cccc2ccccc12. The van der Waals surface area contributed by atoms with Gasteiger partial charge in [-0.1, -0.05) is 134 Å². The van der Waals surface area contributed by atoms with Crippen LogP contribution in [0.2, 0.25) is 0 Å². The van der Waals surface area contributed by atoms with Crippen molar-refractivity contribution >= 4 is 39.2 Å². The zero-order chi connectivity index (χ0) is 31.8. The summed E-state index contributed by atoms with van der Waals surface area (Å²) in [7, 11) is 0. The molecule has 0 spiro atoms. The second-order valence-corrected chi connectivity index (χ2v) is 11.7. The molecule has 0 saturated carbocycles. The van der Waals surface area contributed by atoms with Gasteiger partial charge in [-0.05, 0) is 90.4 Å². The summed E-state index contributed by atoms with van der Waals surface area (Å²) in [5.41, 5.74) is 10.8. The third kappa shape index (κ3) is 6.45. The largest absolute Gasteiger partial charge is 0.310 e. The topological polar surface area (TPSA) is 6.48 Å². The minimum atomic E-state index is 0.809. The van der Waals surface area contributed by atoms with Crippen LogP contribution in [0.5, 0.6) is 0 Å². The van der Waals surface area contributed by atoms with Crippen LogP contribution in [0, 0.1) is 0 Å². The predicted molar refractivity (Wildman–Crippen MR) is 201 cm³/mol. The number of aryl methyl sites for hydroxylation is 1. The van der Waals surface area contributed by atoms with E-state index in [2.05, 4.69) is 192 Å². The molecule has 228 valence electrons. The maximum Gasteiger partial charge on any atom is 0.0540 e. The van der Waals surface area contributed by atoms with E-state index in [1.165, 1.54) is 33.2 Å². The molecule has 2 heteroatoms. The van der Waals surface area contributed by atoms with Crippen molar-refractivity contribution in [1.82, 2.24) is 0 Å². The zero-order valence-corrected chi connectivity index (χ0v) is 26.5. The van der Waals surface area contributed by atoms with Gasteiger partial charge in [0.1, 0.15) is 0 Å². The van der Waals surface area contributed by atoms with Crippen LogP contribution < -0.4 is 9.80 Å². The molecule has 6 aromatic rings. The van der Waals surface area contributed by atoms with Crippen molar-refractivity contribution in [1.29, 1.82) is 0 Å². The highest BCUT2D eigenvalue weighted by Gasteiger charge is 2.21. The van der Waals surface area contributed by atoms with Crippen LogP contribution in [-0.2, 0) is 12.8 Å². The first kappa shape index (κ1) is 29.8. The third-order valence-corrected chi connectivity index (χ3v) is 8.71. The second kappa shape index (κ2) is 14.1. The fourth-order valence-electron chi connectivity index (χ4n) is 6.51. The first-order chi connectivity index (χ1) is 23.3. The van der Waals surface area contributed by atoms with Gasteiger partial charge in [-0.2, -0.15) is 0 Å². The van der Waals surface area contributed by atoms with Crippen molar-refractivity contribution in [2.75, 3.05) is 9.80 Å². The quantitative estimate of drug-likeness (QED) is 0.143. The van der Waals surface area contributed by atoms with Crippen molar-refractivity contribution in [2.24, 2.45) is 0 Å². The molecule has 0 saturated heterocycles. The van der Waals surface area contributed by atoms with Crippen LogP contribution in [0.1, 0.15) is 23.1 Å². The summed E-state index contributed by atoms with van der Waals surface area (Å²) < 4.78 is 0. The Morgan fingerprint density at radius 1 is 0.638 bits per heavy atom. The molecular weight excluding hydrogens is 569 g/mol. The summed E-state index contributed by atoms with van der Waals surface area (Å²) in [4.78, 5) is 4.71. The monoisotopic (exact) mass is 606 g/mol. The van der Waals surface area contributed by atoms with Crippen molar-refractivity contribution in [2.45, 2.75) is 19.3 Å². The molecule has 0 bridgehead atoms. The van der Waals surface area contributed by atoms with Crippen molar-refractivity contribution < 1.29 is 0 Å². The molecule has 0 radical (unpaired) electrons. The van der Waals surface area contributed by atoms with Crippen molar-refractivity contribution in [3.63, 3.8) is 0 Å². The maximum atomic E-state index is 4.06. The van der Waals surface area contributed by atoms with E-state index in [1.54, 1.807) is 0 Å². The molecule has 0 aromatic heterocycles. The van der Waals surface area contributed by atoms with Crippen LogP contribution in [0.4, 0.5) is 22.7 Å². The van der Waals surface area contributed by atoms with Gasteiger partial charge in [-0.3, -0.25) is 0 Å². The fourth-order valence-corrected chi connectivity index (χ4v) is 6.51. The van der Waals surface area contributed by atoms with E-state index in [4.69, 9.17) is 0 Å². The Labute approximate surface area is 278 Å². The van der Waals surface area contributed by atoms with E-state index in [-0.39, 0.29) is 0 Å². The average Bonchev–Trinajstić information content (AvgIpc) is 3.14. The molecule has 0 unspecified atom stereocenters. The van der Waals surface area contributed by atoms with E-state index in [0.29, 0.717) is 0 Å². The predicted octanol–water partition coefficient (Wildman–Crippen LogP) is 12.0. The van der Waals surface area contributed by atoms with Crippen molar-refractivity contribution in [3.8, 4) is 0 Å². The molecule has 0 heterocycles. The Morgan fingerprint density at radius 2 is 1.30 bits per heavy atom. The Kier molecular flexibility index (Phi) is 8.92. The number of hydrogen-bond donors (Lipinski definition) is 0. The van der Waals surface area contributed by atoms with Gasteiger partial charge in [0.2, 0.25) is 0 Å². The third-order valence-electron chi connectivity index (χ3n) is 8.71. The number of hydrogen-bond acceptors (Lipinski definition) is 2. The summed E-state index contributed by atoms with van der Waals surface area (Å²) in [6.07, 6.45) is 13.7. The Morgan fingerprint density at radius 3 is 2.09 bits per heavy atom. The minimum absolute atomic E-state index is 0.809. The van der Waals surface area contributed by atoms with Gasteiger partial charge in [0.05, 0.1) is 5.69 Å². The van der Waals surface area contributed by atoms with Gasteiger partial charge in [0.25, 0.3) is 0 Å². The van der Waals surface area contributed by atoms with E-state index < -0.39 is 0 Å². The fraction of sp³-hybridized carbons (Fsp3) is 0.0667. The normalized spacial score (nSPS) is 12.9. The van der Waals surface area contributed by atoms with Crippen LogP contribution >= 0.6 is 0 Å². The smallest absolute Gasteiger partial charge is 0.0540 e. The number of benzene rings is 6. The number of anilines is 4. The first-order valence-corrected chi connectivity index (χ1v) is 16.3. The maximum absolute atomic E-state index is 4.06. The Bertz CT molecular complexity index is 2060. The molecule has 7 rings (SSSR count). The molecule has 0 aliphatic heterocycles. The molecule has 0 atom stereocenters. The van der Waals surface area contributed by atoms with Crippen molar-refractivity contribution in [3.05, 3.63) is 211 Å². The lowest BCUT2D eigenvalue weighted by molar-refractivity contribution is 0.967. The Balaban J connectivity index is 1.18. The van der Waals surface area contributed by atoms with Crippen LogP contribution in [0.3, 0.4) is 0 Å². The standard InChI is InChI=1S/C45H38N2/c1-2-16-38(46(39-22-5-3-6-23-39)44-29-14-20-36-18-9-11-27-42(36)44)26-13-17-35-31-33-41(34-32-35)47(40-24-7-4-8-25-40)45-30-15-21-37-19-10-12-28-43(37)45/h2-14,16,18-20,22-34H,1,15,17,21H2/b26-13-,38-16+. The molecule has 6 aromatic carbocycles. The number of para-hydroxylation sites is 2. The highest BCUT2D eigenvalue weighted by Crippen LogP contribution is 2.39. The zero-order valence-electron chi connectivity index (χ0n) is 26.5. The highest BCUT2D eigenvalue weighted by atomic mass is 15.2. The van der Waals surface area contributed by atoms with Gasteiger partial charge in [0.15, 0.2) is 0 Å². The van der Waals surface area contributed by atoms with Crippen LogP contribution in [-0.4, -0.2) is 0 Å². The van der Waals surface area contributed by atoms with E-state index in [0.717, 1.165) is 47.7 Å². The molecule has 2 nitrogen and oxygen atoms in total. The van der Waals surface area contributed by atoms with Gasteiger partial charge in [-0.15, -0.1) is 0 Å². The van der Waals surface area contributed by atoms with E-state index in [9.17, 15) is 0 Å². The molecule has 47 heavy (non-hydrogen) atoms. The summed E-state index contributed by atoms with van der Waals surface area (Å²) in [6, 6.07) is 54.1. The van der Waals surface area contributed by atoms with E-state index in [1.807, 2.05) is 6.08 Å². The highest BCUT2D eigenvalue weighted by molar-refractivity contribution is 5.97. The first-order valence-electron chi connectivity index (χ1n) is 16.3. The number of fused-ring (bicyclic) bond motifs is 2. The number of rotatable bonds is 10. The van der Waals surface area contributed by atoms with Gasteiger partial charge >= 0.3 is 0 Å². The summed E-state index contributed by atoms with van der Waals surface area (Å²) in [5, 5.41) is 2.42. The lowest BCUT2D eigenvalue weighted by Gasteiger charge is -2.31. The molecule has 1 aliphatic rings. The van der Waals surface area contributed by atoms with Gasteiger partial charge in [0, 0.05) is 39.4 Å². The van der Waals surface area contributed by atoms with Gasteiger partial charge in [-0.25, -0.2) is 0 Å². The van der Waals surface area contributed by atoms with Gasteiger partial charge < -0.3 is 9.80 Å². The van der Waals surface area contributed by atoms with E-state index >= 15 is 0 Å². The molecule has 0 N–H and O–H groups in total. The summed E-state index contributed by atoms with van der Waals surface area (Å²) >= 11 is 0.